The van der Waals surface area contributed by atoms with Crippen LogP contribution in [0.4, 0.5) is 11.8 Å². The Balaban J connectivity index is 2.07. The second kappa shape index (κ2) is 5.95. The first-order chi connectivity index (χ1) is 9.00. The summed E-state index contributed by atoms with van der Waals surface area (Å²) >= 11 is 6.17. The maximum Gasteiger partial charge on any atom is 0.224 e. The molecule has 4 nitrogen and oxygen atoms in total. The number of hydrogen-bond donors (Lipinski definition) is 2. The molecule has 1 aliphatic rings. The number of nitrogens with one attached hydrogen (secondary N) is 2. The van der Waals surface area contributed by atoms with Gasteiger partial charge in [0.25, 0.3) is 0 Å². The van der Waals surface area contributed by atoms with Gasteiger partial charge in [0.05, 0.1) is 6.20 Å². The van der Waals surface area contributed by atoms with E-state index in [2.05, 4.69) is 34.4 Å². The van der Waals surface area contributed by atoms with E-state index in [1.165, 1.54) is 19.3 Å². The molecule has 0 aliphatic heterocycles. The van der Waals surface area contributed by atoms with E-state index in [1.54, 1.807) is 6.20 Å². The molecule has 0 aromatic carbocycles. The van der Waals surface area contributed by atoms with Gasteiger partial charge < -0.3 is 10.6 Å². The zero-order valence-electron chi connectivity index (χ0n) is 12.0. The average molecular weight is 283 g/mol. The molecule has 1 aromatic rings. The van der Waals surface area contributed by atoms with Crippen LogP contribution in [0.2, 0.25) is 5.02 Å². The van der Waals surface area contributed by atoms with Crippen molar-refractivity contribution in [2.24, 2.45) is 5.41 Å². The fraction of sp³-hybridized carbons (Fsp3) is 0.714. The van der Waals surface area contributed by atoms with Gasteiger partial charge in [-0.25, -0.2) is 4.98 Å². The first kappa shape index (κ1) is 14.4. The summed E-state index contributed by atoms with van der Waals surface area (Å²) in [7, 11) is 0. The normalized spacial score (nSPS) is 22.0. The highest BCUT2D eigenvalue weighted by atomic mass is 35.5. The third-order valence-electron chi connectivity index (χ3n) is 3.62. The van der Waals surface area contributed by atoms with Crippen LogP contribution in [0.3, 0.4) is 0 Å². The summed E-state index contributed by atoms with van der Waals surface area (Å²) < 4.78 is 0. The minimum atomic E-state index is 0.403. The van der Waals surface area contributed by atoms with Crippen molar-refractivity contribution >= 4 is 23.4 Å². The van der Waals surface area contributed by atoms with Crippen LogP contribution < -0.4 is 10.6 Å². The number of rotatable bonds is 4. The molecule has 1 heterocycles. The highest BCUT2D eigenvalue weighted by Crippen LogP contribution is 2.36. The van der Waals surface area contributed by atoms with Gasteiger partial charge in [-0.15, -0.1) is 0 Å². The van der Waals surface area contributed by atoms with Crippen molar-refractivity contribution < 1.29 is 0 Å². The van der Waals surface area contributed by atoms with Gasteiger partial charge in [-0.1, -0.05) is 31.9 Å². The number of halogens is 1. The maximum atomic E-state index is 6.17. The fourth-order valence-corrected chi connectivity index (χ4v) is 2.87. The summed E-state index contributed by atoms with van der Waals surface area (Å²) in [5, 5.41) is 7.18. The number of nitrogens with zero attached hydrogens (tertiary/aromatic N) is 2. The molecule has 1 unspecified atom stereocenters. The Kier molecular flexibility index (Phi) is 4.50. The van der Waals surface area contributed by atoms with Crippen molar-refractivity contribution in [1.29, 1.82) is 0 Å². The Labute approximate surface area is 120 Å². The molecule has 2 rings (SSSR count). The van der Waals surface area contributed by atoms with Gasteiger partial charge in [-0.2, -0.15) is 4.98 Å². The third kappa shape index (κ3) is 3.96. The lowest BCUT2D eigenvalue weighted by molar-refractivity contribution is 0.229. The van der Waals surface area contributed by atoms with Gasteiger partial charge in [0.2, 0.25) is 5.95 Å². The first-order valence-electron chi connectivity index (χ1n) is 7.03. The molecule has 2 N–H and O–H groups in total. The first-order valence-corrected chi connectivity index (χ1v) is 7.41. The van der Waals surface area contributed by atoms with Crippen molar-refractivity contribution in [2.75, 3.05) is 17.2 Å². The van der Waals surface area contributed by atoms with E-state index in [0.29, 0.717) is 22.4 Å². The van der Waals surface area contributed by atoms with Gasteiger partial charge in [0, 0.05) is 12.6 Å². The van der Waals surface area contributed by atoms with Crippen molar-refractivity contribution in [3.05, 3.63) is 11.2 Å². The van der Waals surface area contributed by atoms with Crippen LogP contribution in [0.5, 0.6) is 0 Å². The topological polar surface area (TPSA) is 49.8 Å². The Morgan fingerprint density at radius 3 is 2.95 bits per heavy atom. The smallest absolute Gasteiger partial charge is 0.224 e. The summed E-state index contributed by atoms with van der Waals surface area (Å²) in [6.07, 6.45) is 6.55. The third-order valence-corrected chi connectivity index (χ3v) is 3.90. The van der Waals surface area contributed by atoms with E-state index < -0.39 is 0 Å². The minimum absolute atomic E-state index is 0.403. The lowest BCUT2D eigenvalue weighted by Crippen LogP contribution is -2.32. The van der Waals surface area contributed by atoms with Crippen LogP contribution in [0.15, 0.2) is 6.20 Å². The van der Waals surface area contributed by atoms with Crippen molar-refractivity contribution in [1.82, 2.24) is 9.97 Å². The molecule has 0 amide bonds. The highest BCUT2D eigenvalue weighted by Gasteiger charge is 2.28. The van der Waals surface area contributed by atoms with E-state index in [-0.39, 0.29) is 0 Å². The van der Waals surface area contributed by atoms with E-state index in [1.807, 2.05) is 6.92 Å². The predicted octanol–water partition coefficient (Wildman–Crippen LogP) is 3.94. The van der Waals surface area contributed by atoms with E-state index in [9.17, 15) is 0 Å². The quantitative estimate of drug-likeness (QED) is 0.878. The van der Waals surface area contributed by atoms with Gasteiger partial charge >= 0.3 is 0 Å². The van der Waals surface area contributed by atoms with Crippen LogP contribution in [-0.2, 0) is 0 Å². The molecule has 1 atom stereocenters. The van der Waals surface area contributed by atoms with Crippen LogP contribution in [-0.4, -0.2) is 22.6 Å². The summed E-state index contributed by atoms with van der Waals surface area (Å²) in [5.41, 5.74) is 0.403. The molecule has 5 heteroatoms. The molecule has 0 spiro atoms. The highest BCUT2D eigenvalue weighted by molar-refractivity contribution is 6.32. The zero-order chi connectivity index (χ0) is 13.9. The van der Waals surface area contributed by atoms with Crippen LogP contribution in [0.25, 0.3) is 0 Å². The lowest BCUT2D eigenvalue weighted by Gasteiger charge is -2.35. The molecule has 0 bridgehead atoms. The maximum absolute atomic E-state index is 6.17. The SMILES string of the molecule is CCNc1ncc(Cl)c(NC2CCCC(C)(C)C2)n1. The van der Waals surface area contributed by atoms with Crippen LogP contribution in [0, 0.1) is 5.41 Å². The fourth-order valence-electron chi connectivity index (χ4n) is 2.73. The van der Waals surface area contributed by atoms with Crippen molar-refractivity contribution in [3.8, 4) is 0 Å². The van der Waals surface area contributed by atoms with E-state index in [4.69, 9.17) is 11.6 Å². The Bertz CT molecular complexity index is 433. The molecular formula is C14H23ClN4. The van der Waals surface area contributed by atoms with Gasteiger partial charge in [-0.05, 0) is 31.6 Å². The number of aromatic nitrogens is 2. The largest absolute Gasteiger partial charge is 0.366 e. The second-order valence-corrected chi connectivity index (χ2v) is 6.43. The van der Waals surface area contributed by atoms with E-state index >= 15 is 0 Å². The standard InChI is InChI=1S/C14H23ClN4/c1-4-16-13-17-9-11(15)12(19-13)18-10-6-5-7-14(2,3)8-10/h9-10H,4-8H2,1-3H3,(H2,16,17,18,19). The Morgan fingerprint density at radius 1 is 1.47 bits per heavy atom. The molecule has 1 aromatic heterocycles. The minimum Gasteiger partial charge on any atom is -0.366 e. The van der Waals surface area contributed by atoms with Gasteiger partial charge in [-0.3, -0.25) is 0 Å². The molecular weight excluding hydrogens is 260 g/mol. The molecule has 1 fully saturated rings. The summed E-state index contributed by atoms with van der Waals surface area (Å²) in [4.78, 5) is 8.59. The molecule has 1 aliphatic carbocycles. The van der Waals surface area contributed by atoms with Gasteiger partial charge in [0.1, 0.15) is 5.02 Å². The molecule has 106 valence electrons. The summed E-state index contributed by atoms with van der Waals surface area (Å²) in [5.74, 6) is 1.37. The molecule has 19 heavy (non-hydrogen) atoms. The molecule has 1 saturated carbocycles. The number of hydrogen-bond acceptors (Lipinski definition) is 4. The Hall–Kier alpha value is -1.03. The summed E-state index contributed by atoms with van der Waals surface area (Å²) in [6, 6.07) is 0.450. The van der Waals surface area contributed by atoms with Crippen molar-refractivity contribution in [2.45, 2.75) is 52.5 Å². The van der Waals surface area contributed by atoms with Crippen LogP contribution in [0.1, 0.15) is 46.5 Å². The average Bonchev–Trinajstić information content (AvgIpc) is 2.32. The zero-order valence-corrected chi connectivity index (χ0v) is 12.7. The Morgan fingerprint density at radius 2 is 2.26 bits per heavy atom. The van der Waals surface area contributed by atoms with E-state index in [0.717, 1.165) is 18.8 Å². The number of anilines is 2. The molecule has 0 saturated heterocycles. The monoisotopic (exact) mass is 282 g/mol. The van der Waals surface area contributed by atoms with Crippen LogP contribution >= 0.6 is 11.6 Å². The predicted molar refractivity (Wildman–Crippen MR) is 80.9 cm³/mol. The second-order valence-electron chi connectivity index (χ2n) is 6.02. The van der Waals surface area contributed by atoms with Gasteiger partial charge in [0.15, 0.2) is 5.82 Å². The lowest BCUT2D eigenvalue weighted by atomic mass is 9.75. The summed E-state index contributed by atoms with van der Waals surface area (Å²) in [6.45, 7) is 7.48. The van der Waals surface area contributed by atoms with Crippen molar-refractivity contribution in [3.63, 3.8) is 0 Å². The molecule has 0 radical (unpaired) electrons.